The maximum atomic E-state index is 12.4. The first kappa shape index (κ1) is 16.8. The summed E-state index contributed by atoms with van der Waals surface area (Å²) in [4.78, 5) is 24.5. The number of ether oxygens (including phenoxy) is 1. The van der Waals surface area contributed by atoms with Gasteiger partial charge in [-0.1, -0.05) is 42.3 Å². The van der Waals surface area contributed by atoms with E-state index in [0.717, 1.165) is 22.5 Å². The van der Waals surface area contributed by atoms with Crippen molar-refractivity contribution in [2.45, 2.75) is 12.3 Å². The van der Waals surface area contributed by atoms with Gasteiger partial charge in [0, 0.05) is 23.2 Å². The van der Waals surface area contributed by atoms with Crippen LogP contribution in [-0.4, -0.2) is 28.4 Å². The monoisotopic (exact) mass is 356 g/mol. The van der Waals surface area contributed by atoms with Gasteiger partial charge >= 0.3 is 0 Å². The number of H-pyrrole nitrogens is 1. The number of Topliss-reactive ketones (excluding diaryl/α,β-unsaturated/α-hetero) is 2. The normalized spacial score (nSPS) is 15.4. The molecule has 0 spiro atoms. The topological polar surface area (TPSA) is 72.1 Å². The second-order valence-electron chi connectivity index (χ2n) is 6.34. The predicted octanol–water partition coefficient (Wildman–Crippen LogP) is 3.18. The Morgan fingerprint density at radius 2 is 1.96 bits per heavy atom. The fraction of sp³-hybridized carbons (Fsp3) is 0.136. The van der Waals surface area contributed by atoms with Crippen molar-refractivity contribution in [3.8, 4) is 29.4 Å². The summed E-state index contributed by atoms with van der Waals surface area (Å²) in [5.74, 6) is 1.86. The summed E-state index contributed by atoms with van der Waals surface area (Å²) < 4.78 is 5.44. The minimum absolute atomic E-state index is 0.201. The first-order valence-corrected chi connectivity index (χ1v) is 8.56. The molecule has 0 saturated carbocycles. The quantitative estimate of drug-likeness (QED) is 0.563. The molecule has 1 aliphatic carbocycles. The Kier molecular flexibility index (Phi) is 4.31. The number of nitrogens with zero attached hydrogens (tertiary/aromatic N) is 1. The van der Waals surface area contributed by atoms with Crippen molar-refractivity contribution >= 4 is 11.6 Å². The number of benzene rings is 2. The van der Waals surface area contributed by atoms with E-state index in [2.05, 4.69) is 16.1 Å². The van der Waals surface area contributed by atoms with Crippen LogP contribution in [0.2, 0.25) is 0 Å². The van der Waals surface area contributed by atoms with Crippen LogP contribution in [0.1, 0.15) is 27.5 Å². The van der Waals surface area contributed by atoms with Crippen LogP contribution in [0.3, 0.4) is 0 Å². The second kappa shape index (κ2) is 6.93. The summed E-state index contributed by atoms with van der Waals surface area (Å²) in [5.41, 5.74) is 3.70. The molecule has 0 radical (unpaired) electrons. The molecule has 1 aliphatic rings. The lowest BCUT2D eigenvalue weighted by atomic mass is 9.95. The fourth-order valence-corrected chi connectivity index (χ4v) is 3.35. The number of hydrogen-bond donors (Lipinski definition) is 1. The van der Waals surface area contributed by atoms with Gasteiger partial charge in [0.05, 0.1) is 11.6 Å². The second-order valence-corrected chi connectivity index (χ2v) is 6.34. The van der Waals surface area contributed by atoms with Gasteiger partial charge < -0.3 is 4.74 Å². The number of aromatic amines is 1. The predicted molar refractivity (Wildman–Crippen MR) is 101 cm³/mol. The Hall–Kier alpha value is -3.65. The van der Waals surface area contributed by atoms with Crippen molar-refractivity contribution in [3.05, 3.63) is 71.4 Å². The molecule has 4 rings (SSSR count). The Balaban J connectivity index is 1.57. The van der Waals surface area contributed by atoms with Gasteiger partial charge in [-0.2, -0.15) is 5.10 Å². The summed E-state index contributed by atoms with van der Waals surface area (Å²) >= 11 is 0. The van der Waals surface area contributed by atoms with Crippen LogP contribution >= 0.6 is 0 Å². The number of hydrogen-bond acceptors (Lipinski definition) is 4. The van der Waals surface area contributed by atoms with E-state index in [4.69, 9.17) is 11.2 Å². The Morgan fingerprint density at radius 3 is 2.81 bits per heavy atom. The number of terminal acetylenes is 1. The average molecular weight is 356 g/mol. The molecule has 5 nitrogen and oxygen atoms in total. The zero-order chi connectivity index (χ0) is 18.8. The largest absolute Gasteiger partial charge is 0.481 e. The van der Waals surface area contributed by atoms with Gasteiger partial charge in [-0.25, -0.2) is 0 Å². The molecule has 1 aromatic heterocycles. The van der Waals surface area contributed by atoms with Gasteiger partial charge in [0.1, 0.15) is 12.4 Å². The minimum Gasteiger partial charge on any atom is -0.481 e. The summed E-state index contributed by atoms with van der Waals surface area (Å²) in [6.45, 7) is 0.201. The van der Waals surface area contributed by atoms with Gasteiger partial charge in [0.15, 0.2) is 0 Å². The van der Waals surface area contributed by atoms with E-state index in [1.54, 1.807) is 12.1 Å². The highest BCUT2D eigenvalue weighted by atomic mass is 16.5. The van der Waals surface area contributed by atoms with Crippen molar-refractivity contribution in [1.82, 2.24) is 10.2 Å². The highest BCUT2D eigenvalue weighted by Gasteiger charge is 2.38. The summed E-state index contributed by atoms with van der Waals surface area (Å²) in [6.07, 6.45) is 5.62. The zero-order valence-corrected chi connectivity index (χ0v) is 14.4. The standard InChI is InChI=1S/C22H16N2O3/c1-2-10-27-16-7-5-6-14(11-16)20-13-15(23-24-20)12-19-17-8-3-4-9-18(17)21(25)22(19)26/h1,3-9,11,13,19H,10,12H2,(H,23,24). The van der Waals surface area contributed by atoms with Crippen LogP contribution in [0.4, 0.5) is 0 Å². The highest BCUT2D eigenvalue weighted by molar-refractivity contribution is 6.48. The molecular weight excluding hydrogens is 340 g/mol. The van der Waals surface area contributed by atoms with E-state index in [1.807, 2.05) is 42.5 Å². The molecule has 0 fully saturated rings. The van der Waals surface area contributed by atoms with E-state index in [1.165, 1.54) is 0 Å². The SMILES string of the molecule is C#CCOc1cccc(-c2cc(CC3C(=O)C(=O)c4ccccc43)[nH]n2)c1. The molecule has 1 heterocycles. The zero-order valence-electron chi connectivity index (χ0n) is 14.4. The Bertz CT molecular complexity index is 1070. The van der Waals surface area contributed by atoms with Crippen LogP contribution in [0.15, 0.2) is 54.6 Å². The molecule has 1 N–H and O–H groups in total. The first-order chi connectivity index (χ1) is 13.2. The van der Waals surface area contributed by atoms with E-state index in [9.17, 15) is 9.59 Å². The van der Waals surface area contributed by atoms with Crippen LogP contribution < -0.4 is 4.74 Å². The van der Waals surface area contributed by atoms with Gasteiger partial charge in [-0.15, -0.1) is 6.42 Å². The third-order valence-corrected chi connectivity index (χ3v) is 4.63. The number of rotatable bonds is 5. The summed E-state index contributed by atoms with van der Waals surface area (Å²) in [5, 5.41) is 7.31. The molecule has 0 aliphatic heterocycles. The third kappa shape index (κ3) is 3.13. The van der Waals surface area contributed by atoms with E-state index in [-0.39, 0.29) is 12.4 Å². The van der Waals surface area contributed by atoms with E-state index in [0.29, 0.717) is 17.7 Å². The van der Waals surface area contributed by atoms with Crippen LogP contribution in [-0.2, 0) is 11.2 Å². The van der Waals surface area contributed by atoms with Crippen molar-refractivity contribution < 1.29 is 14.3 Å². The van der Waals surface area contributed by atoms with Gasteiger partial charge in [0.2, 0.25) is 11.6 Å². The van der Waals surface area contributed by atoms with Gasteiger partial charge in [0.25, 0.3) is 0 Å². The molecular formula is C22H16N2O3. The molecule has 132 valence electrons. The number of nitrogens with one attached hydrogen (secondary N) is 1. The van der Waals surface area contributed by atoms with Crippen molar-refractivity contribution in [2.24, 2.45) is 0 Å². The van der Waals surface area contributed by atoms with Crippen LogP contribution in [0.5, 0.6) is 5.75 Å². The highest BCUT2D eigenvalue weighted by Crippen LogP contribution is 2.33. The van der Waals surface area contributed by atoms with E-state index >= 15 is 0 Å². The molecule has 0 amide bonds. The first-order valence-electron chi connectivity index (χ1n) is 8.56. The lowest BCUT2D eigenvalue weighted by molar-refractivity contribution is -0.115. The lowest BCUT2D eigenvalue weighted by Gasteiger charge is -2.07. The van der Waals surface area contributed by atoms with E-state index < -0.39 is 11.7 Å². The number of fused-ring (bicyclic) bond motifs is 1. The molecule has 0 saturated heterocycles. The smallest absolute Gasteiger partial charge is 0.229 e. The Morgan fingerprint density at radius 1 is 1.11 bits per heavy atom. The molecule has 1 atom stereocenters. The minimum atomic E-state index is -0.465. The molecule has 3 aromatic rings. The number of carbonyl (C=O) groups is 2. The maximum Gasteiger partial charge on any atom is 0.229 e. The van der Waals surface area contributed by atoms with Crippen molar-refractivity contribution in [3.63, 3.8) is 0 Å². The fourth-order valence-electron chi connectivity index (χ4n) is 3.35. The number of carbonyl (C=O) groups excluding carboxylic acids is 2. The summed E-state index contributed by atoms with van der Waals surface area (Å²) in [6, 6.07) is 16.5. The molecule has 1 unspecified atom stereocenters. The number of ketones is 2. The Labute approximate surface area is 156 Å². The lowest BCUT2D eigenvalue weighted by Crippen LogP contribution is -2.14. The van der Waals surface area contributed by atoms with Crippen molar-refractivity contribution in [2.75, 3.05) is 6.61 Å². The van der Waals surface area contributed by atoms with Gasteiger partial charge in [-0.3, -0.25) is 14.7 Å². The van der Waals surface area contributed by atoms with Crippen molar-refractivity contribution in [1.29, 1.82) is 0 Å². The summed E-state index contributed by atoms with van der Waals surface area (Å²) in [7, 11) is 0. The van der Waals surface area contributed by atoms with Crippen LogP contribution in [0, 0.1) is 12.3 Å². The molecule has 27 heavy (non-hydrogen) atoms. The average Bonchev–Trinajstić information content (AvgIpc) is 3.26. The third-order valence-electron chi connectivity index (χ3n) is 4.63. The van der Waals surface area contributed by atoms with Crippen LogP contribution in [0.25, 0.3) is 11.3 Å². The molecule has 2 aromatic carbocycles. The molecule has 0 bridgehead atoms. The number of aromatic nitrogens is 2. The maximum absolute atomic E-state index is 12.4. The van der Waals surface area contributed by atoms with Gasteiger partial charge in [-0.05, 0) is 23.8 Å². The molecule has 5 heteroatoms.